The van der Waals surface area contributed by atoms with E-state index in [0.29, 0.717) is 22.8 Å². The molecule has 0 radical (unpaired) electrons. The number of rotatable bonds is 5. The number of hydrogen-bond donors (Lipinski definition) is 3. The van der Waals surface area contributed by atoms with Gasteiger partial charge in [0, 0.05) is 11.1 Å². The van der Waals surface area contributed by atoms with E-state index in [1.54, 1.807) is 24.3 Å². The van der Waals surface area contributed by atoms with Crippen LogP contribution in [0.15, 0.2) is 66.6 Å². The molecule has 14 heteroatoms. The Bertz CT molecular complexity index is 1310. The second kappa shape index (κ2) is 10.5. The van der Waals surface area contributed by atoms with Gasteiger partial charge in [0.05, 0.1) is 38.2 Å². The molecule has 7 nitrogen and oxygen atoms in total. The average molecular weight is 580 g/mol. The Labute approximate surface area is 222 Å². The Morgan fingerprint density at radius 3 is 2.19 bits per heavy atom. The van der Waals surface area contributed by atoms with Crippen LogP contribution in [-0.4, -0.2) is 6.03 Å². The highest BCUT2D eigenvalue weighted by molar-refractivity contribution is 6.37. The van der Waals surface area contributed by atoms with E-state index in [1.807, 2.05) is 0 Å². The maximum Gasteiger partial charge on any atom is 0.416 e. The van der Waals surface area contributed by atoms with Crippen molar-refractivity contribution in [3.63, 3.8) is 0 Å². The number of hydroxylamine groups is 2. The van der Waals surface area contributed by atoms with E-state index >= 15 is 0 Å². The summed E-state index contributed by atoms with van der Waals surface area (Å²) in [6.45, 7) is 0. The summed E-state index contributed by atoms with van der Waals surface area (Å²) >= 11 is 24.0. The number of halogens is 7. The Kier molecular flexibility index (Phi) is 7.62. The van der Waals surface area contributed by atoms with Crippen LogP contribution < -0.4 is 25.9 Å². The fourth-order valence-corrected chi connectivity index (χ4v) is 3.82. The average Bonchev–Trinajstić information content (AvgIpc) is 3.26. The van der Waals surface area contributed by atoms with Crippen molar-refractivity contribution in [3.05, 3.63) is 92.3 Å². The summed E-state index contributed by atoms with van der Waals surface area (Å²) in [7, 11) is 0. The molecular weight excluding hydrogens is 567 g/mol. The van der Waals surface area contributed by atoms with Gasteiger partial charge in [-0.05, 0) is 48.5 Å². The molecule has 3 aromatic rings. The molecule has 188 valence electrons. The van der Waals surface area contributed by atoms with Gasteiger partial charge in [-0.2, -0.15) is 13.2 Å². The number of carbonyl (C=O) groups excluding carboxylic acids is 1. The van der Waals surface area contributed by atoms with Crippen LogP contribution in [-0.2, 0) is 11.1 Å². The molecule has 1 heterocycles. The van der Waals surface area contributed by atoms with Crippen molar-refractivity contribution in [1.29, 1.82) is 0 Å². The molecule has 0 saturated carbocycles. The smallest absolute Gasteiger partial charge is 0.416 e. The van der Waals surface area contributed by atoms with Gasteiger partial charge in [0.15, 0.2) is 11.6 Å². The monoisotopic (exact) mass is 578 g/mol. The third kappa shape index (κ3) is 6.21. The summed E-state index contributed by atoms with van der Waals surface area (Å²) in [5, 5.41) is 6.44. The van der Waals surface area contributed by atoms with Crippen molar-refractivity contribution in [2.24, 2.45) is 0 Å². The van der Waals surface area contributed by atoms with Crippen LogP contribution in [0.2, 0.25) is 20.1 Å². The minimum atomic E-state index is -4.62. The Morgan fingerprint density at radius 2 is 1.58 bits per heavy atom. The molecule has 0 aromatic heterocycles. The van der Waals surface area contributed by atoms with Crippen LogP contribution in [0.5, 0.6) is 11.5 Å². The van der Waals surface area contributed by atoms with Crippen LogP contribution in [0.3, 0.4) is 0 Å². The lowest BCUT2D eigenvalue weighted by Crippen LogP contribution is -2.32. The van der Waals surface area contributed by atoms with Gasteiger partial charge in [-0.3, -0.25) is 5.32 Å². The van der Waals surface area contributed by atoms with E-state index < -0.39 is 17.8 Å². The molecule has 1 aliphatic rings. The summed E-state index contributed by atoms with van der Waals surface area (Å²) in [6.07, 6.45) is -3.12. The summed E-state index contributed by atoms with van der Waals surface area (Å²) in [6, 6.07) is 11.8. The van der Waals surface area contributed by atoms with E-state index in [9.17, 15) is 18.0 Å². The highest BCUT2D eigenvalue weighted by atomic mass is 35.5. The molecule has 3 N–H and O–H groups in total. The molecule has 0 spiro atoms. The zero-order chi connectivity index (χ0) is 26.0. The minimum absolute atomic E-state index is 0.0780. The van der Waals surface area contributed by atoms with Crippen LogP contribution in [0, 0.1) is 0 Å². The van der Waals surface area contributed by atoms with E-state index in [4.69, 9.17) is 56.1 Å². The first-order valence-electron chi connectivity index (χ1n) is 9.81. The van der Waals surface area contributed by atoms with Gasteiger partial charge >= 0.3 is 12.2 Å². The van der Waals surface area contributed by atoms with Crippen molar-refractivity contribution in [3.8, 4) is 11.5 Å². The summed E-state index contributed by atoms with van der Waals surface area (Å²) in [5.41, 5.74) is 2.42. The largest absolute Gasteiger partial charge is 0.454 e. The molecule has 1 aliphatic heterocycles. The number of ether oxygens (including phenoxy) is 1. The summed E-state index contributed by atoms with van der Waals surface area (Å²) in [4.78, 5) is 17.6. The maximum atomic E-state index is 12.9. The molecule has 0 aliphatic carbocycles. The third-order valence-corrected chi connectivity index (χ3v) is 5.69. The lowest BCUT2D eigenvalue weighted by atomic mass is 10.2. The Balaban J connectivity index is 1.40. The zero-order valence-corrected chi connectivity index (χ0v) is 20.6. The number of alkyl halides is 3. The normalized spacial score (nSPS) is 13.2. The van der Waals surface area contributed by atoms with Gasteiger partial charge in [0.1, 0.15) is 5.75 Å². The van der Waals surface area contributed by atoms with Crippen LogP contribution in [0.25, 0.3) is 0 Å². The molecular formula is C22H13Cl4F3N4O3. The van der Waals surface area contributed by atoms with E-state index in [2.05, 4.69) is 16.1 Å². The molecule has 3 aromatic carbocycles. The Hall–Kier alpha value is -3.02. The maximum absolute atomic E-state index is 12.9. The van der Waals surface area contributed by atoms with Crippen molar-refractivity contribution in [2.45, 2.75) is 6.18 Å². The van der Waals surface area contributed by atoms with E-state index in [0.717, 1.165) is 0 Å². The van der Waals surface area contributed by atoms with Crippen LogP contribution >= 0.6 is 46.4 Å². The predicted molar refractivity (Wildman–Crippen MR) is 131 cm³/mol. The fourth-order valence-electron chi connectivity index (χ4n) is 2.92. The van der Waals surface area contributed by atoms with Crippen molar-refractivity contribution in [1.82, 2.24) is 10.8 Å². The topological polar surface area (TPSA) is 74.9 Å². The molecule has 36 heavy (non-hydrogen) atoms. The first kappa shape index (κ1) is 26.1. The number of nitrogens with one attached hydrogen (secondary N) is 3. The lowest BCUT2D eigenvalue weighted by molar-refractivity contribution is -0.137. The SMILES string of the molecule is O=C(NC1=CN(c2ccc(Cl)cc2)ON1)Nc1ccc(Oc2c(Cl)cc(C(F)(F)F)cc2Cl)cc1Cl. The zero-order valence-electron chi connectivity index (χ0n) is 17.6. The second-order valence-electron chi connectivity index (χ2n) is 7.13. The molecule has 0 bridgehead atoms. The standard InChI is InChI=1S/C22H13Cl4F3N4O3/c23-12-1-3-13(4-2-12)33-10-19(32-36-33)31-21(34)30-18-6-5-14(9-15(18)24)35-20-16(25)7-11(8-17(20)26)22(27,28)29/h1-10,32H,(H2,30,31,34). The summed E-state index contributed by atoms with van der Waals surface area (Å²) in [5.74, 6) is 0.192. The lowest BCUT2D eigenvalue weighted by Gasteiger charge is -2.14. The molecule has 0 atom stereocenters. The number of nitrogens with zero attached hydrogens (tertiary/aromatic N) is 1. The highest BCUT2D eigenvalue weighted by Crippen LogP contribution is 2.42. The van der Waals surface area contributed by atoms with Crippen molar-refractivity contribution in [2.75, 3.05) is 10.4 Å². The predicted octanol–water partition coefficient (Wildman–Crippen LogP) is 7.99. The second-order valence-corrected chi connectivity index (χ2v) is 8.79. The molecule has 0 unspecified atom stereocenters. The first-order chi connectivity index (χ1) is 17.0. The van der Waals surface area contributed by atoms with E-state index in [-0.39, 0.29) is 38.1 Å². The van der Waals surface area contributed by atoms with Gasteiger partial charge in [0.25, 0.3) is 0 Å². The van der Waals surface area contributed by atoms with Crippen molar-refractivity contribution < 1.29 is 27.6 Å². The van der Waals surface area contributed by atoms with Gasteiger partial charge < -0.3 is 10.1 Å². The van der Waals surface area contributed by atoms with Crippen molar-refractivity contribution >= 4 is 63.8 Å². The fraction of sp³-hybridized carbons (Fsp3) is 0.0455. The van der Waals surface area contributed by atoms with E-state index in [1.165, 1.54) is 29.5 Å². The molecule has 4 rings (SSSR count). The van der Waals surface area contributed by atoms with Crippen LogP contribution in [0.4, 0.5) is 29.3 Å². The third-order valence-electron chi connectivity index (χ3n) is 4.56. The highest BCUT2D eigenvalue weighted by Gasteiger charge is 2.32. The van der Waals surface area contributed by atoms with Gasteiger partial charge in [-0.15, -0.1) is 4.94 Å². The van der Waals surface area contributed by atoms with Gasteiger partial charge in [-0.1, -0.05) is 46.4 Å². The summed E-state index contributed by atoms with van der Waals surface area (Å²) < 4.78 is 44.3. The van der Waals surface area contributed by atoms with Gasteiger partial charge in [-0.25, -0.2) is 15.3 Å². The number of urea groups is 1. The van der Waals surface area contributed by atoms with Gasteiger partial charge in [0.2, 0.25) is 0 Å². The quantitative estimate of drug-likeness (QED) is 0.286. The number of carbonyl (C=O) groups is 1. The minimum Gasteiger partial charge on any atom is -0.454 e. The number of anilines is 2. The molecule has 0 fully saturated rings. The number of benzene rings is 3. The Morgan fingerprint density at radius 1 is 0.917 bits per heavy atom. The number of hydrogen-bond acceptors (Lipinski definition) is 5. The molecule has 2 amide bonds. The van der Waals surface area contributed by atoms with Crippen LogP contribution in [0.1, 0.15) is 5.56 Å². The molecule has 0 saturated heterocycles. The number of amides is 2. The first-order valence-corrected chi connectivity index (χ1v) is 11.3.